The first-order chi connectivity index (χ1) is 14.7. The Bertz CT molecular complexity index is 753. The molecule has 3 saturated heterocycles. The third-order valence-corrected chi connectivity index (χ3v) is 7.69. The van der Waals surface area contributed by atoms with Crippen molar-refractivity contribution in [2.45, 2.75) is 57.2 Å². The highest BCUT2D eigenvalue weighted by Crippen LogP contribution is 2.46. The highest BCUT2D eigenvalue weighted by atomic mass is 16.6. The predicted octanol–water partition coefficient (Wildman–Crippen LogP) is 3.24. The quantitative estimate of drug-likeness (QED) is 0.766. The monoisotopic (exact) mass is 414 g/mol. The number of carboxylic acid groups (broad SMARTS) is 1. The van der Waals surface area contributed by atoms with E-state index in [0.717, 1.165) is 47.9 Å². The summed E-state index contributed by atoms with van der Waals surface area (Å²) < 4.78 is 11.5. The van der Waals surface area contributed by atoms with Crippen LogP contribution in [0.1, 0.15) is 44.1 Å². The summed E-state index contributed by atoms with van der Waals surface area (Å²) in [5, 5.41) is 6.89. The molecule has 6 nitrogen and oxygen atoms in total. The van der Waals surface area contributed by atoms with Crippen molar-refractivity contribution in [2.24, 2.45) is 17.8 Å². The first-order valence-electron chi connectivity index (χ1n) is 11.7. The number of benzene rings is 1. The van der Waals surface area contributed by atoms with Gasteiger partial charge in [0, 0.05) is 38.3 Å². The standard InChI is InChI=1S/C23H32N2O2.CH2O2/c1-2-20(18-5-6-18)25-14-17-10-19(21(25)3-1)15-24(13-17)12-16-4-7-22-23(11-16)27-9-8-26-22;2-1-3/h4,7,11,17-21H,1-3,5-6,8-10,12-15H2;1H,(H,2,3)/t17-,19+,20+,21-;/m0./s1. The number of hydrogen-bond donors (Lipinski definition) is 1. The lowest BCUT2D eigenvalue weighted by Crippen LogP contribution is -2.61. The summed E-state index contributed by atoms with van der Waals surface area (Å²) in [6.45, 7) is 6.06. The SMILES string of the molecule is O=CO.c1cc2c(cc1CN1C[C@@H]3C[C@H](C1)[C@@H]1CCC[C@H](C4CC4)N1C3)OCCO2. The van der Waals surface area contributed by atoms with Gasteiger partial charge in [-0.3, -0.25) is 14.6 Å². The highest BCUT2D eigenvalue weighted by molar-refractivity contribution is 5.43. The second-order valence-electron chi connectivity index (χ2n) is 9.74. The summed E-state index contributed by atoms with van der Waals surface area (Å²) in [5.41, 5.74) is 1.37. The average Bonchev–Trinajstić information content (AvgIpc) is 3.59. The summed E-state index contributed by atoms with van der Waals surface area (Å²) in [6.07, 6.45) is 8.85. The predicted molar refractivity (Wildman–Crippen MR) is 114 cm³/mol. The molecule has 4 heterocycles. The Morgan fingerprint density at radius 3 is 2.47 bits per heavy atom. The number of piperidine rings is 3. The van der Waals surface area contributed by atoms with Crippen LogP contribution in [0.3, 0.4) is 0 Å². The van der Waals surface area contributed by atoms with Gasteiger partial charge in [0.25, 0.3) is 6.47 Å². The van der Waals surface area contributed by atoms with Crippen LogP contribution < -0.4 is 9.47 Å². The molecule has 0 spiro atoms. The molecule has 1 aromatic rings. The Morgan fingerprint density at radius 1 is 0.967 bits per heavy atom. The molecule has 0 unspecified atom stereocenters. The molecule has 0 aromatic heterocycles. The van der Waals surface area contributed by atoms with E-state index in [9.17, 15) is 0 Å². The number of likely N-dealkylation sites (tertiary alicyclic amines) is 1. The number of hydrogen-bond acceptors (Lipinski definition) is 5. The number of fused-ring (bicyclic) bond motifs is 5. The lowest BCUT2D eigenvalue weighted by Gasteiger charge is -2.55. The minimum Gasteiger partial charge on any atom is -0.486 e. The van der Waals surface area contributed by atoms with Crippen LogP contribution in [0, 0.1) is 17.8 Å². The molecule has 1 N–H and O–H groups in total. The summed E-state index contributed by atoms with van der Waals surface area (Å²) in [4.78, 5) is 14.1. The Morgan fingerprint density at radius 2 is 1.70 bits per heavy atom. The largest absolute Gasteiger partial charge is 0.486 e. The van der Waals surface area contributed by atoms with Crippen LogP contribution in [0.4, 0.5) is 0 Å². The van der Waals surface area contributed by atoms with Gasteiger partial charge in [-0.25, -0.2) is 0 Å². The second kappa shape index (κ2) is 8.75. The van der Waals surface area contributed by atoms with Gasteiger partial charge in [-0.1, -0.05) is 12.5 Å². The molecule has 4 fully saturated rings. The molecule has 0 amide bonds. The van der Waals surface area contributed by atoms with E-state index >= 15 is 0 Å². The van der Waals surface area contributed by atoms with Gasteiger partial charge in [0.15, 0.2) is 11.5 Å². The van der Waals surface area contributed by atoms with Crippen molar-refractivity contribution in [3.8, 4) is 11.5 Å². The van der Waals surface area contributed by atoms with Crippen LogP contribution in [0.15, 0.2) is 18.2 Å². The summed E-state index contributed by atoms with van der Waals surface area (Å²) in [7, 11) is 0. The van der Waals surface area contributed by atoms with Gasteiger partial charge in [0.05, 0.1) is 0 Å². The van der Waals surface area contributed by atoms with Crippen molar-refractivity contribution in [3.05, 3.63) is 23.8 Å². The van der Waals surface area contributed by atoms with E-state index in [4.69, 9.17) is 19.4 Å². The van der Waals surface area contributed by atoms with Crippen molar-refractivity contribution in [3.63, 3.8) is 0 Å². The molecule has 4 aliphatic heterocycles. The minimum absolute atomic E-state index is 0.250. The van der Waals surface area contributed by atoms with Crippen LogP contribution in [-0.4, -0.2) is 66.3 Å². The molecule has 0 radical (unpaired) electrons. The van der Waals surface area contributed by atoms with Crippen molar-refractivity contribution in [1.82, 2.24) is 9.80 Å². The molecular formula is C24H34N2O4. The zero-order valence-electron chi connectivity index (χ0n) is 17.7. The number of nitrogens with zero attached hydrogens (tertiary/aromatic N) is 2. The lowest BCUT2D eigenvalue weighted by atomic mass is 9.74. The van der Waals surface area contributed by atoms with Gasteiger partial charge >= 0.3 is 0 Å². The fourth-order valence-corrected chi connectivity index (χ4v) is 6.51. The third kappa shape index (κ3) is 4.17. The smallest absolute Gasteiger partial charge is 0.290 e. The molecule has 4 atom stereocenters. The summed E-state index contributed by atoms with van der Waals surface area (Å²) in [6, 6.07) is 8.32. The van der Waals surface area contributed by atoms with E-state index in [2.05, 4.69) is 28.0 Å². The van der Waals surface area contributed by atoms with Crippen molar-refractivity contribution >= 4 is 6.47 Å². The molecule has 6 rings (SSSR count). The first kappa shape index (κ1) is 20.1. The zero-order chi connectivity index (χ0) is 20.5. The lowest BCUT2D eigenvalue weighted by molar-refractivity contribution is -0.122. The maximum absolute atomic E-state index is 8.36. The van der Waals surface area contributed by atoms with E-state index in [1.165, 1.54) is 63.7 Å². The van der Waals surface area contributed by atoms with Gasteiger partial charge in [0.2, 0.25) is 0 Å². The zero-order valence-corrected chi connectivity index (χ0v) is 17.7. The highest BCUT2D eigenvalue weighted by Gasteiger charge is 2.47. The average molecular weight is 415 g/mol. The topological polar surface area (TPSA) is 62.2 Å². The van der Waals surface area contributed by atoms with E-state index in [0.29, 0.717) is 13.2 Å². The van der Waals surface area contributed by atoms with Crippen LogP contribution in [0.5, 0.6) is 11.5 Å². The maximum Gasteiger partial charge on any atom is 0.290 e. The van der Waals surface area contributed by atoms with E-state index in [1.54, 1.807) is 0 Å². The molecule has 1 aromatic carbocycles. The number of ether oxygens (including phenoxy) is 2. The first-order valence-corrected chi connectivity index (χ1v) is 11.7. The molecule has 30 heavy (non-hydrogen) atoms. The third-order valence-electron chi connectivity index (χ3n) is 7.69. The van der Waals surface area contributed by atoms with Crippen LogP contribution >= 0.6 is 0 Å². The van der Waals surface area contributed by atoms with E-state index < -0.39 is 0 Å². The van der Waals surface area contributed by atoms with Crippen LogP contribution in [0.2, 0.25) is 0 Å². The Kier molecular flexibility index (Phi) is 5.87. The fraction of sp³-hybridized carbons (Fsp3) is 0.708. The second-order valence-corrected chi connectivity index (χ2v) is 9.74. The van der Waals surface area contributed by atoms with E-state index in [-0.39, 0.29) is 6.47 Å². The molecule has 6 heteroatoms. The van der Waals surface area contributed by atoms with Crippen molar-refractivity contribution < 1.29 is 19.4 Å². The van der Waals surface area contributed by atoms with Crippen LogP contribution in [-0.2, 0) is 11.3 Å². The van der Waals surface area contributed by atoms with Gasteiger partial charge in [-0.05, 0) is 67.6 Å². The van der Waals surface area contributed by atoms with Gasteiger partial charge in [-0.15, -0.1) is 0 Å². The molecule has 1 aliphatic carbocycles. The Labute approximate surface area is 179 Å². The summed E-state index contributed by atoms with van der Waals surface area (Å²) >= 11 is 0. The normalized spacial score (nSPS) is 33.1. The molecule has 5 aliphatic rings. The van der Waals surface area contributed by atoms with Gasteiger partial charge in [-0.2, -0.15) is 0 Å². The van der Waals surface area contributed by atoms with Crippen LogP contribution in [0.25, 0.3) is 0 Å². The Hall–Kier alpha value is -1.79. The summed E-state index contributed by atoms with van der Waals surface area (Å²) in [5.74, 6) is 4.64. The molecule has 164 valence electrons. The Balaban J connectivity index is 0.000000609. The fourth-order valence-electron chi connectivity index (χ4n) is 6.51. The van der Waals surface area contributed by atoms with E-state index in [1.807, 2.05) is 0 Å². The van der Waals surface area contributed by atoms with Gasteiger partial charge in [0.1, 0.15) is 13.2 Å². The molecule has 2 bridgehead atoms. The number of carbonyl (C=O) groups is 1. The van der Waals surface area contributed by atoms with Crippen molar-refractivity contribution in [1.29, 1.82) is 0 Å². The molecule has 1 saturated carbocycles. The van der Waals surface area contributed by atoms with Crippen molar-refractivity contribution in [2.75, 3.05) is 32.8 Å². The number of rotatable bonds is 3. The maximum atomic E-state index is 8.36. The van der Waals surface area contributed by atoms with Gasteiger partial charge < -0.3 is 14.6 Å². The molecular weight excluding hydrogens is 380 g/mol. The minimum atomic E-state index is -0.250.